The molecule has 4 N–H and O–H groups in total. The Labute approximate surface area is 127 Å². The third kappa shape index (κ3) is 3.51. The number of nitrogens with zero attached hydrogens (tertiary/aromatic N) is 2. The number of aliphatic hydroxyl groups is 1. The standard InChI is InChI=1S/C16H30N4O/c1-5-13-6-8-16(21,9-7-13)10-18-15-14(17)12(4)19-20(15)11(2)3/h11,13,18,21H,5-10,17H2,1-4H3. The van der Waals surface area contributed by atoms with Gasteiger partial charge in [-0.05, 0) is 52.4 Å². The second kappa shape index (κ2) is 6.26. The molecular weight excluding hydrogens is 264 g/mol. The largest absolute Gasteiger partial charge is 0.394 e. The minimum absolute atomic E-state index is 0.244. The van der Waals surface area contributed by atoms with Gasteiger partial charge in [0.25, 0.3) is 0 Å². The number of anilines is 2. The number of nitrogens with one attached hydrogen (secondary N) is 1. The van der Waals surface area contributed by atoms with E-state index in [4.69, 9.17) is 5.73 Å². The van der Waals surface area contributed by atoms with Crippen molar-refractivity contribution in [2.24, 2.45) is 5.92 Å². The summed E-state index contributed by atoms with van der Waals surface area (Å²) < 4.78 is 1.91. The first kappa shape index (κ1) is 16.1. The minimum atomic E-state index is -0.613. The molecule has 2 rings (SSSR count). The fourth-order valence-electron chi connectivity index (χ4n) is 3.16. The van der Waals surface area contributed by atoms with Crippen molar-refractivity contribution in [1.82, 2.24) is 9.78 Å². The molecule has 1 heterocycles. The third-order valence-electron chi connectivity index (χ3n) is 4.82. The number of rotatable bonds is 5. The summed E-state index contributed by atoms with van der Waals surface area (Å²) in [5, 5.41) is 18.6. The van der Waals surface area contributed by atoms with Crippen molar-refractivity contribution in [3.63, 3.8) is 0 Å². The van der Waals surface area contributed by atoms with Gasteiger partial charge in [0.2, 0.25) is 0 Å². The van der Waals surface area contributed by atoms with Crippen LogP contribution < -0.4 is 11.1 Å². The van der Waals surface area contributed by atoms with Crippen LogP contribution in [0.15, 0.2) is 0 Å². The summed E-state index contributed by atoms with van der Waals surface area (Å²) in [4.78, 5) is 0. The van der Waals surface area contributed by atoms with Gasteiger partial charge in [0.15, 0.2) is 0 Å². The zero-order chi connectivity index (χ0) is 15.6. The zero-order valence-electron chi connectivity index (χ0n) is 13.8. The third-order valence-corrected chi connectivity index (χ3v) is 4.82. The minimum Gasteiger partial charge on any atom is -0.394 e. The first-order valence-corrected chi connectivity index (χ1v) is 8.17. The van der Waals surface area contributed by atoms with E-state index in [2.05, 4.69) is 31.2 Å². The molecule has 0 unspecified atom stereocenters. The van der Waals surface area contributed by atoms with E-state index in [1.165, 1.54) is 6.42 Å². The highest BCUT2D eigenvalue weighted by molar-refractivity contribution is 5.65. The summed E-state index contributed by atoms with van der Waals surface area (Å²) in [7, 11) is 0. The van der Waals surface area contributed by atoms with Crippen molar-refractivity contribution in [2.45, 2.75) is 71.4 Å². The van der Waals surface area contributed by atoms with Gasteiger partial charge in [0.1, 0.15) is 5.82 Å². The predicted octanol–water partition coefficient (Wildman–Crippen LogP) is 3.10. The van der Waals surface area contributed by atoms with Gasteiger partial charge in [-0.15, -0.1) is 0 Å². The molecule has 1 aromatic heterocycles. The van der Waals surface area contributed by atoms with Crippen molar-refractivity contribution >= 4 is 11.5 Å². The fraction of sp³-hybridized carbons (Fsp3) is 0.812. The van der Waals surface area contributed by atoms with Crippen molar-refractivity contribution in [2.75, 3.05) is 17.6 Å². The molecule has 0 radical (unpaired) electrons. The molecule has 1 saturated carbocycles. The number of nitrogen functional groups attached to an aromatic ring is 1. The lowest BCUT2D eigenvalue weighted by atomic mass is 9.78. The van der Waals surface area contributed by atoms with Crippen molar-refractivity contribution in [1.29, 1.82) is 0 Å². The molecule has 1 aromatic rings. The van der Waals surface area contributed by atoms with E-state index < -0.39 is 5.60 Å². The van der Waals surface area contributed by atoms with Gasteiger partial charge in [-0.1, -0.05) is 13.3 Å². The van der Waals surface area contributed by atoms with Gasteiger partial charge in [0, 0.05) is 12.6 Å². The maximum atomic E-state index is 10.7. The molecule has 0 saturated heterocycles. The first-order chi connectivity index (χ1) is 9.86. The van der Waals surface area contributed by atoms with Crippen molar-refractivity contribution in [3.05, 3.63) is 5.69 Å². The number of aryl methyl sites for hydroxylation is 1. The van der Waals surface area contributed by atoms with Crippen LogP contribution in [0.5, 0.6) is 0 Å². The van der Waals surface area contributed by atoms with Gasteiger partial charge < -0.3 is 16.2 Å². The van der Waals surface area contributed by atoms with E-state index in [1.807, 2.05) is 11.6 Å². The zero-order valence-corrected chi connectivity index (χ0v) is 13.8. The first-order valence-electron chi connectivity index (χ1n) is 8.17. The average Bonchev–Trinajstić information content (AvgIpc) is 2.74. The Kier molecular flexibility index (Phi) is 4.81. The highest BCUT2D eigenvalue weighted by Gasteiger charge is 2.33. The van der Waals surface area contributed by atoms with Gasteiger partial charge in [-0.2, -0.15) is 5.10 Å². The second-order valence-corrected chi connectivity index (χ2v) is 6.82. The van der Waals surface area contributed by atoms with Crippen molar-refractivity contribution in [3.8, 4) is 0 Å². The molecule has 1 aliphatic rings. The lowest BCUT2D eigenvalue weighted by molar-refractivity contribution is 0.00216. The van der Waals surface area contributed by atoms with Crippen LogP contribution in [0.25, 0.3) is 0 Å². The van der Waals surface area contributed by atoms with Crippen LogP contribution in [0, 0.1) is 12.8 Å². The van der Waals surface area contributed by atoms with E-state index in [-0.39, 0.29) is 6.04 Å². The topological polar surface area (TPSA) is 76.1 Å². The lowest BCUT2D eigenvalue weighted by Gasteiger charge is -2.36. The van der Waals surface area contributed by atoms with E-state index >= 15 is 0 Å². The Balaban J connectivity index is 2.03. The molecular formula is C16H30N4O. The number of hydrogen-bond acceptors (Lipinski definition) is 4. The van der Waals surface area contributed by atoms with Crippen LogP contribution >= 0.6 is 0 Å². The van der Waals surface area contributed by atoms with E-state index in [1.54, 1.807) is 0 Å². The van der Waals surface area contributed by atoms with Crippen molar-refractivity contribution < 1.29 is 5.11 Å². The Morgan fingerprint density at radius 3 is 2.57 bits per heavy atom. The Morgan fingerprint density at radius 1 is 1.43 bits per heavy atom. The molecule has 0 aliphatic heterocycles. The Bertz CT molecular complexity index is 473. The number of nitrogens with two attached hydrogens (primary N) is 1. The van der Waals surface area contributed by atoms with Crippen LogP contribution in [0.1, 0.15) is 64.6 Å². The summed E-state index contributed by atoms with van der Waals surface area (Å²) >= 11 is 0. The molecule has 5 heteroatoms. The van der Waals surface area contributed by atoms with Gasteiger partial charge in [-0.3, -0.25) is 0 Å². The summed E-state index contributed by atoms with van der Waals surface area (Å²) in [5.74, 6) is 1.62. The highest BCUT2D eigenvalue weighted by Crippen LogP contribution is 2.34. The molecule has 5 nitrogen and oxygen atoms in total. The molecule has 0 aromatic carbocycles. The summed E-state index contributed by atoms with van der Waals surface area (Å²) in [6, 6.07) is 0.244. The maximum absolute atomic E-state index is 10.7. The summed E-state index contributed by atoms with van der Waals surface area (Å²) in [6.07, 6.45) is 5.19. The fourth-order valence-corrected chi connectivity index (χ4v) is 3.16. The molecule has 0 spiro atoms. The van der Waals surface area contributed by atoms with Crippen LogP contribution in [0.2, 0.25) is 0 Å². The predicted molar refractivity (Wildman–Crippen MR) is 87.4 cm³/mol. The maximum Gasteiger partial charge on any atom is 0.148 e. The molecule has 1 fully saturated rings. The van der Waals surface area contributed by atoms with E-state index in [0.717, 1.165) is 43.1 Å². The molecule has 21 heavy (non-hydrogen) atoms. The Hall–Kier alpha value is -1.23. The van der Waals surface area contributed by atoms with Gasteiger partial charge >= 0.3 is 0 Å². The lowest BCUT2D eigenvalue weighted by Crippen LogP contribution is -2.41. The normalized spacial score (nSPS) is 26.3. The van der Waals surface area contributed by atoms with Gasteiger partial charge in [0.05, 0.1) is 17.0 Å². The summed E-state index contributed by atoms with van der Waals surface area (Å²) in [5.41, 5.74) is 7.03. The van der Waals surface area contributed by atoms with E-state index in [0.29, 0.717) is 12.2 Å². The quantitative estimate of drug-likeness (QED) is 0.780. The number of aromatic nitrogens is 2. The summed E-state index contributed by atoms with van der Waals surface area (Å²) in [6.45, 7) is 8.86. The molecule has 120 valence electrons. The number of hydrogen-bond donors (Lipinski definition) is 3. The molecule has 0 atom stereocenters. The smallest absolute Gasteiger partial charge is 0.148 e. The van der Waals surface area contributed by atoms with Crippen LogP contribution in [0.3, 0.4) is 0 Å². The van der Waals surface area contributed by atoms with Crippen LogP contribution in [-0.2, 0) is 0 Å². The molecule has 0 bridgehead atoms. The van der Waals surface area contributed by atoms with Crippen LogP contribution in [-0.4, -0.2) is 27.0 Å². The SMILES string of the molecule is CCC1CCC(O)(CNc2c(N)c(C)nn2C(C)C)CC1. The molecule has 1 aliphatic carbocycles. The second-order valence-electron chi connectivity index (χ2n) is 6.82. The monoisotopic (exact) mass is 294 g/mol. The van der Waals surface area contributed by atoms with E-state index in [9.17, 15) is 5.11 Å². The van der Waals surface area contributed by atoms with Gasteiger partial charge in [-0.25, -0.2) is 4.68 Å². The molecule has 0 amide bonds. The highest BCUT2D eigenvalue weighted by atomic mass is 16.3. The average molecular weight is 294 g/mol. The Morgan fingerprint density at radius 2 is 2.05 bits per heavy atom. The van der Waals surface area contributed by atoms with Crippen LogP contribution in [0.4, 0.5) is 11.5 Å².